The minimum atomic E-state index is -0.759. The van der Waals surface area contributed by atoms with Crippen molar-refractivity contribution in [3.63, 3.8) is 0 Å². The molecular formula is C47H90O6. The van der Waals surface area contributed by atoms with Crippen molar-refractivity contribution in [2.24, 2.45) is 11.8 Å². The van der Waals surface area contributed by atoms with Crippen molar-refractivity contribution in [1.82, 2.24) is 0 Å². The quantitative estimate of drug-likeness (QED) is 0.0352. The first-order chi connectivity index (χ1) is 25.8. The normalized spacial score (nSPS) is 12.6. The molecule has 314 valence electrons. The number of rotatable bonds is 41. The van der Waals surface area contributed by atoms with Crippen molar-refractivity contribution >= 4 is 17.9 Å². The lowest BCUT2D eigenvalue weighted by Gasteiger charge is -2.18. The van der Waals surface area contributed by atoms with Crippen LogP contribution in [-0.4, -0.2) is 37.2 Å². The lowest BCUT2D eigenvalue weighted by Crippen LogP contribution is -2.30. The summed E-state index contributed by atoms with van der Waals surface area (Å²) in [7, 11) is 0. The van der Waals surface area contributed by atoms with E-state index in [1.54, 1.807) is 0 Å². The Kier molecular flexibility index (Phi) is 38.9. The van der Waals surface area contributed by atoms with Gasteiger partial charge in [0.25, 0.3) is 0 Å². The third kappa shape index (κ3) is 39.9. The molecule has 6 heteroatoms. The Morgan fingerprint density at radius 3 is 1.08 bits per heavy atom. The first-order valence-electron chi connectivity index (χ1n) is 23.3. The lowest BCUT2D eigenvalue weighted by molar-refractivity contribution is -0.167. The Morgan fingerprint density at radius 2 is 0.717 bits per heavy atom. The molecule has 0 aliphatic heterocycles. The Balaban J connectivity index is 4.14. The van der Waals surface area contributed by atoms with Gasteiger partial charge in [0.1, 0.15) is 13.2 Å². The molecule has 0 fully saturated rings. The van der Waals surface area contributed by atoms with Crippen molar-refractivity contribution in [2.45, 2.75) is 259 Å². The largest absolute Gasteiger partial charge is 0.462 e. The van der Waals surface area contributed by atoms with Gasteiger partial charge in [-0.3, -0.25) is 14.4 Å². The van der Waals surface area contributed by atoms with Crippen LogP contribution >= 0.6 is 0 Å². The van der Waals surface area contributed by atoms with E-state index in [0.717, 1.165) is 76.0 Å². The molecule has 6 nitrogen and oxygen atoms in total. The summed E-state index contributed by atoms with van der Waals surface area (Å²) < 4.78 is 16.6. The summed E-state index contributed by atoms with van der Waals surface area (Å²) in [5.74, 6) is 0.831. The van der Waals surface area contributed by atoms with Gasteiger partial charge in [0, 0.05) is 19.3 Å². The van der Waals surface area contributed by atoms with E-state index in [4.69, 9.17) is 14.2 Å². The monoisotopic (exact) mass is 751 g/mol. The van der Waals surface area contributed by atoms with Crippen LogP contribution < -0.4 is 0 Å². The number of hydrogen-bond donors (Lipinski definition) is 0. The number of hydrogen-bond acceptors (Lipinski definition) is 6. The van der Waals surface area contributed by atoms with Crippen LogP contribution in [0.3, 0.4) is 0 Å². The zero-order valence-corrected chi connectivity index (χ0v) is 36.1. The van der Waals surface area contributed by atoms with Gasteiger partial charge in [-0.25, -0.2) is 0 Å². The van der Waals surface area contributed by atoms with Crippen molar-refractivity contribution in [2.75, 3.05) is 13.2 Å². The molecule has 0 bridgehead atoms. The maximum atomic E-state index is 12.6. The average Bonchev–Trinajstić information content (AvgIpc) is 3.14. The summed E-state index contributed by atoms with van der Waals surface area (Å²) in [4.78, 5) is 37.5. The lowest BCUT2D eigenvalue weighted by atomic mass is 9.99. The molecule has 0 aliphatic carbocycles. The summed E-state index contributed by atoms with van der Waals surface area (Å²) in [6.45, 7) is 11.3. The van der Waals surface area contributed by atoms with Gasteiger partial charge in [0.15, 0.2) is 6.10 Å². The standard InChI is InChI=1S/C47H90O6/c1-6-8-9-25-32-37-45(48)51-40-44(53-47(50)39-34-29-24-20-16-17-21-26-30-35-42(3)4)41-52-46(49)38-33-28-23-19-15-13-11-10-12-14-18-22-27-31-36-43(5)7-2/h42-44H,6-41H2,1-5H3/t43?,44-/m0/s1. The van der Waals surface area contributed by atoms with Crippen LogP contribution in [0.2, 0.25) is 0 Å². The van der Waals surface area contributed by atoms with Gasteiger partial charge >= 0.3 is 17.9 Å². The highest BCUT2D eigenvalue weighted by Gasteiger charge is 2.19. The predicted molar refractivity (Wildman–Crippen MR) is 224 cm³/mol. The average molecular weight is 751 g/mol. The minimum absolute atomic E-state index is 0.0657. The molecule has 2 atom stereocenters. The van der Waals surface area contributed by atoms with E-state index in [9.17, 15) is 14.4 Å². The van der Waals surface area contributed by atoms with E-state index in [1.165, 1.54) is 135 Å². The van der Waals surface area contributed by atoms with E-state index < -0.39 is 6.10 Å². The highest BCUT2D eigenvalue weighted by atomic mass is 16.6. The molecule has 0 spiro atoms. The first-order valence-corrected chi connectivity index (χ1v) is 23.3. The van der Waals surface area contributed by atoms with Crippen LogP contribution in [0.1, 0.15) is 253 Å². The zero-order chi connectivity index (χ0) is 39.0. The maximum absolute atomic E-state index is 12.6. The highest BCUT2D eigenvalue weighted by molar-refractivity contribution is 5.71. The molecule has 0 aromatic heterocycles. The summed E-state index contributed by atoms with van der Waals surface area (Å²) in [6, 6.07) is 0. The number of unbranched alkanes of at least 4 members (excludes halogenated alkanes) is 25. The van der Waals surface area contributed by atoms with Crippen LogP contribution in [0, 0.1) is 11.8 Å². The van der Waals surface area contributed by atoms with E-state index >= 15 is 0 Å². The summed E-state index contributed by atoms with van der Waals surface area (Å²) in [5.41, 5.74) is 0. The molecule has 0 N–H and O–H groups in total. The van der Waals surface area contributed by atoms with Crippen molar-refractivity contribution < 1.29 is 28.6 Å². The van der Waals surface area contributed by atoms with Crippen LogP contribution in [0.15, 0.2) is 0 Å². The number of ether oxygens (including phenoxy) is 3. The second-order valence-electron chi connectivity index (χ2n) is 16.8. The number of carbonyl (C=O) groups excluding carboxylic acids is 3. The van der Waals surface area contributed by atoms with E-state index in [2.05, 4.69) is 34.6 Å². The Labute approximate surface area is 329 Å². The fourth-order valence-electron chi connectivity index (χ4n) is 6.90. The molecule has 0 aromatic carbocycles. The smallest absolute Gasteiger partial charge is 0.306 e. The second kappa shape index (κ2) is 40.1. The maximum Gasteiger partial charge on any atom is 0.306 e. The van der Waals surface area contributed by atoms with Gasteiger partial charge in [0.2, 0.25) is 0 Å². The van der Waals surface area contributed by atoms with Crippen LogP contribution in [0.5, 0.6) is 0 Å². The van der Waals surface area contributed by atoms with Crippen molar-refractivity contribution in [3.8, 4) is 0 Å². The molecule has 0 aliphatic rings. The molecule has 0 amide bonds. The van der Waals surface area contributed by atoms with Gasteiger partial charge in [-0.1, -0.05) is 214 Å². The van der Waals surface area contributed by atoms with Gasteiger partial charge in [-0.2, -0.15) is 0 Å². The SMILES string of the molecule is CCCCCCCC(=O)OC[C@@H](COC(=O)CCCCCCCCCCCCCCCCC(C)CC)OC(=O)CCCCCCCCCCCC(C)C. The van der Waals surface area contributed by atoms with Gasteiger partial charge < -0.3 is 14.2 Å². The van der Waals surface area contributed by atoms with Crippen LogP contribution in [0.4, 0.5) is 0 Å². The summed E-state index contributed by atoms with van der Waals surface area (Å²) >= 11 is 0. The van der Waals surface area contributed by atoms with Crippen molar-refractivity contribution in [3.05, 3.63) is 0 Å². The molecule has 0 rings (SSSR count). The molecule has 0 aromatic rings. The first kappa shape index (κ1) is 51.4. The van der Waals surface area contributed by atoms with E-state index in [-0.39, 0.29) is 31.1 Å². The molecule has 0 saturated carbocycles. The number of carbonyl (C=O) groups is 3. The Hall–Kier alpha value is -1.59. The zero-order valence-electron chi connectivity index (χ0n) is 36.1. The third-order valence-electron chi connectivity index (χ3n) is 10.8. The minimum Gasteiger partial charge on any atom is -0.462 e. The molecule has 1 unspecified atom stereocenters. The summed E-state index contributed by atoms with van der Waals surface area (Å²) in [5, 5.41) is 0. The van der Waals surface area contributed by atoms with Crippen LogP contribution in [0.25, 0.3) is 0 Å². The fraction of sp³-hybridized carbons (Fsp3) is 0.936. The van der Waals surface area contributed by atoms with E-state index in [1.807, 2.05) is 0 Å². The molecular weight excluding hydrogens is 661 g/mol. The molecule has 0 radical (unpaired) electrons. The Morgan fingerprint density at radius 1 is 0.396 bits per heavy atom. The molecule has 0 saturated heterocycles. The van der Waals surface area contributed by atoms with Crippen molar-refractivity contribution in [1.29, 1.82) is 0 Å². The Bertz CT molecular complexity index is 811. The topological polar surface area (TPSA) is 78.9 Å². The van der Waals surface area contributed by atoms with Gasteiger partial charge in [0.05, 0.1) is 0 Å². The highest BCUT2D eigenvalue weighted by Crippen LogP contribution is 2.17. The summed E-state index contributed by atoms with van der Waals surface area (Å²) in [6.07, 6.45) is 38.3. The molecule has 53 heavy (non-hydrogen) atoms. The van der Waals surface area contributed by atoms with Gasteiger partial charge in [-0.15, -0.1) is 0 Å². The predicted octanol–water partition coefficient (Wildman–Crippen LogP) is 14.6. The van der Waals surface area contributed by atoms with Crippen LogP contribution in [-0.2, 0) is 28.6 Å². The van der Waals surface area contributed by atoms with E-state index in [0.29, 0.717) is 19.3 Å². The fourth-order valence-corrected chi connectivity index (χ4v) is 6.90. The molecule has 0 heterocycles. The van der Waals surface area contributed by atoms with Gasteiger partial charge in [-0.05, 0) is 31.1 Å². The second-order valence-corrected chi connectivity index (χ2v) is 16.8. The third-order valence-corrected chi connectivity index (χ3v) is 10.8. The number of esters is 3.